The maximum Gasteiger partial charge on any atom is 0.270 e. The Kier molecular flexibility index (Phi) is 4.23. The number of carbonyl (C=O) groups is 2. The SMILES string of the molecule is CNC(=O)c1nccc(C(N)=O)c1-c1cccc(Cl)c1C. The van der Waals surface area contributed by atoms with E-state index in [0.29, 0.717) is 16.1 Å². The lowest BCUT2D eigenvalue weighted by Crippen LogP contribution is -2.23. The van der Waals surface area contributed by atoms with Crippen molar-refractivity contribution in [2.24, 2.45) is 5.73 Å². The molecule has 0 spiro atoms. The number of primary amides is 1. The smallest absolute Gasteiger partial charge is 0.270 e. The number of rotatable bonds is 3. The average molecular weight is 304 g/mol. The molecule has 0 saturated carbocycles. The summed E-state index contributed by atoms with van der Waals surface area (Å²) in [4.78, 5) is 27.8. The minimum atomic E-state index is -0.628. The molecule has 5 nitrogen and oxygen atoms in total. The Balaban J connectivity index is 2.84. The lowest BCUT2D eigenvalue weighted by atomic mass is 9.94. The molecule has 0 aliphatic heterocycles. The molecule has 3 N–H and O–H groups in total. The first-order chi connectivity index (χ1) is 9.97. The number of aromatic nitrogens is 1. The van der Waals surface area contributed by atoms with Crippen LogP contribution >= 0.6 is 11.6 Å². The van der Waals surface area contributed by atoms with Gasteiger partial charge in [-0.1, -0.05) is 23.7 Å². The third kappa shape index (κ3) is 2.73. The van der Waals surface area contributed by atoms with Gasteiger partial charge in [-0.2, -0.15) is 0 Å². The fourth-order valence-electron chi connectivity index (χ4n) is 2.11. The van der Waals surface area contributed by atoms with Gasteiger partial charge in [0.05, 0.1) is 5.56 Å². The number of pyridine rings is 1. The van der Waals surface area contributed by atoms with E-state index in [1.165, 1.54) is 19.3 Å². The first-order valence-electron chi connectivity index (χ1n) is 6.23. The quantitative estimate of drug-likeness (QED) is 0.911. The lowest BCUT2D eigenvalue weighted by Gasteiger charge is -2.14. The highest BCUT2D eigenvalue weighted by Gasteiger charge is 2.21. The normalized spacial score (nSPS) is 10.2. The Morgan fingerprint density at radius 3 is 2.62 bits per heavy atom. The zero-order valence-corrected chi connectivity index (χ0v) is 12.4. The molecule has 0 unspecified atom stereocenters. The lowest BCUT2D eigenvalue weighted by molar-refractivity contribution is 0.0959. The fourth-order valence-corrected chi connectivity index (χ4v) is 2.28. The van der Waals surface area contributed by atoms with Crippen molar-refractivity contribution in [1.29, 1.82) is 0 Å². The molecule has 6 heteroatoms. The Labute approximate surface area is 127 Å². The van der Waals surface area contributed by atoms with E-state index >= 15 is 0 Å². The first kappa shape index (κ1) is 15.0. The summed E-state index contributed by atoms with van der Waals surface area (Å²) in [6.07, 6.45) is 1.38. The van der Waals surface area contributed by atoms with Gasteiger partial charge >= 0.3 is 0 Å². The minimum absolute atomic E-state index is 0.138. The van der Waals surface area contributed by atoms with Gasteiger partial charge in [-0.15, -0.1) is 0 Å². The molecule has 108 valence electrons. The van der Waals surface area contributed by atoms with Crippen LogP contribution in [0.5, 0.6) is 0 Å². The third-order valence-electron chi connectivity index (χ3n) is 3.20. The molecule has 0 aliphatic rings. The van der Waals surface area contributed by atoms with Gasteiger partial charge in [-0.25, -0.2) is 0 Å². The van der Waals surface area contributed by atoms with Crippen LogP contribution < -0.4 is 11.1 Å². The van der Waals surface area contributed by atoms with Crippen molar-refractivity contribution in [3.8, 4) is 11.1 Å². The Morgan fingerprint density at radius 2 is 2.00 bits per heavy atom. The number of nitrogens with two attached hydrogens (primary N) is 1. The summed E-state index contributed by atoms with van der Waals surface area (Å²) < 4.78 is 0. The summed E-state index contributed by atoms with van der Waals surface area (Å²) in [5.41, 5.74) is 7.59. The molecule has 2 aromatic rings. The maximum absolute atomic E-state index is 12.0. The standard InChI is InChI=1S/C15H14ClN3O2/c1-8-9(4-3-5-11(8)16)12-10(14(17)20)6-7-19-13(12)15(21)18-2/h3-7H,1-2H3,(H2,17,20)(H,18,21). The van der Waals surface area contributed by atoms with Crippen molar-refractivity contribution in [3.05, 3.63) is 52.3 Å². The van der Waals surface area contributed by atoms with E-state index in [-0.39, 0.29) is 11.3 Å². The molecule has 0 atom stereocenters. The van der Waals surface area contributed by atoms with Gasteiger partial charge in [0.1, 0.15) is 5.69 Å². The molecule has 1 aromatic carbocycles. The molecule has 2 amide bonds. The number of hydrogen-bond donors (Lipinski definition) is 2. The van der Waals surface area contributed by atoms with Crippen molar-refractivity contribution < 1.29 is 9.59 Å². The van der Waals surface area contributed by atoms with E-state index in [9.17, 15) is 9.59 Å². The average Bonchev–Trinajstić information content (AvgIpc) is 2.48. The minimum Gasteiger partial charge on any atom is -0.366 e. The molecular formula is C15H14ClN3O2. The van der Waals surface area contributed by atoms with Crippen molar-refractivity contribution in [1.82, 2.24) is 10.3 Å². The van der Waals surface area contributed by atoms with E-state index in [1.807, 2.05) is 6.92 Å². The predicted molar refractivity (Wildman–Crippen MR) is 81.3 cm³/mol. The number of amides is 2. The molecule has 0 saturated heterocycles. The number of nitrogens with zero attached hydrogens (tertiary/aromatic N) is 1. The van der Waals surface area contributed by atoms with Crippen LogP contribution in [0.1, 0.15) is 26.4 Å². The number of carbonyl (C=O) groups excluding carboxylic acids is 2. The van der Waals surface area contributed by atoms with Gasteiger partial charge in [0.15, 0.2) is 0 Å². The zero-order valence-electron chi connectivity index (χ0n) is 11.6. The molecule has 0 aliphatic carbocycles. The third-order valence-corrected chi connectivity index (χ3v) is 3.61. The van der Waals surface area contributed by atoms with E-state index in [1.54, 1.807) is 18.2 Å². The second-order valence-corrected chi connectivity index (χ2v) is 4.85. The van der Waals surface area contributed by atoms with Gasteiger partial charge in [-0.3, -0.25) is 14.6 Å². The van der Waals surface area contributed by atoms with Gasteiger partial charge in [-0.05, 0) is 30.2 Å². The van der Waals surface area contributed by atoms with E-state index in [4.69, 9.17) is 17.3 Å². The highest BCUT2D eigenvalue weighted by molar-refractivity contribution is 6.31. The molecule has 21 heavy (non-hydrogen) atoms. The first-order valence-corrected chi connectivity index (χ1v) is 6.61. The number of halogens is 1. The van der Waals surface area contributed by atoms with Crippen LogP contribution in [-0.4, -0.2) is 23.8 Å². The summed E-state index contributed by atoms with van der Waals surface area (Å²) in [6, 6.07) is 6.75. The Bertz CT molecular complexity index is 729. The zero-order chi connectivity index (χ0) is 15.6. The monoisotopic (exact) mass is 303 g/mol. The summed E-state index contributed by atoms with van der Waals surface area (Å²) >= 11 is 6.12. The topological polar surface area (TPSA) is 85.1 Å². The second-order valence-electron chi connectivity index (χ2n) is 4.44. The molecule has 0 fully saturated rings. The molecule has 0 bridgehead atoms. The van der Waals surface area contributed by atoms with Crippen molar-refractivity contribution in [2.75, 3.05) is 7.05 Å². The second kappa shape index (κ2) is 5.93. The predicted octanol–water partition coefficient (Wildman–Crippen LogP) is 2.17. The largest absolute Gasteiger partial charge is 0.366 e. The number of benzene rings is 1. The van der Waals surface area contributed by atoms with Gasteiger partial charge in [0.2, 0.25) is 5.91 Å². The Morgan fingerprint density at radius 1 is 1.29 bits per heavy atom. The van der Waals surface area contributed by atoms with Crippen molar-refractivity contribution in [2.45, 2.75) is 6.92 Å². The van der Waals surface area contributed by atoms with E-state index < -0.39 is 11.8 Å². The highest BCUT2D eigenvalue weighted by atomic mass is 35.5. The summed E-state index contributed by atoms with van der Waals surface area (Å²) in [6.45, 7) is 1.81. The van der Waals surface area contributed by atoms with Gasteiger partial charge < -0.3 is 11.1 Å². The van der Waals surface area contributed by atoms with Crippen LogP contribution in [0.4, 0.5) is 0 Å². The van der Waals surface area contributed by atoms with Crippen LogP contribution in [-0.2, 0) is 0 Å². The van der Waals surface area contributed by atoms with Crippen LogP contribution in [0.3, 0.4) is 0 Å². The molecule has 1 heterocycles. The summed E-state index contributed by atoms with van der Waals surface area (Å²) in [7, 11) is 1.50. The van der Waals surface area contributed by atoms with Crippen LogP contribution in [0, 0.1) is 6.92 Å². The van der Waals surface area contributed by atoms with Crippen LogP contribution in [0.25, 0.3) is 11.1 Å². The van der Waals surface area contributed by atoms with Crippen LogP contribution in [0.2, 0.25) is 5.02 Å². The van der Waals surface area contributed by atoms with E-state index in [2.05, 4.69) is 10.3 Å². The molecule has 0 radical (unpaired) electrons. The molecular weight excluding hydrogens is 290 g/mol. The van der Waals surface area contributed by atoms with Crippen molar-refractivity contribution >= 4 is 23.4 Å². The number of hydrogen-bond acceptors (Lipinski definition) is 3. The number of nitrogens with one attached hydrogen (secondary N) is 1. The highest BCUT2D eigenvalue weighted by Crippen LogP contribution is 2.32. The fraction of sp³-hybridized carbons (Fsp3) is 0.133. The maximum atomic E-state index is 12.0. The van der Waals surface area contributed by atoms with Gasteiger partial charge in [0, 0.05) is 23.8 Å². The summed E-state index contributed by atoms with van der Waals surface area (Å²) in [5, 5.41) is 3.04. The summed E-state index contributed by atoms with van der Waals surface area (Å²) in [5.74, 6) is -1.02. The Hall–Kier alpha value is -2.40. The molecule has 1 aromatic heterocycles. The van der Waals surface area contributed by atoms with Gasteiger partial charge in [0.25, 0.3) is 5.91 Å². The van der Waals surface area contributed by atoms with E-state index in [0.717, 1.165) is 5.56 Å². The van der Waals surface area contributed by atoms with Crippen LogP contribution in [0.15, 0.2) is 30.5 Å². The molecule has 2 rings (SSSR count). The van der Waals surface area contributed by atoms with Crippen molar-refractivity contribution in [3.63, 3.8) is 0 Å².